The summed E-state index contributed by atoms with van der Waals surface area (Å²) < 4.78 is 3.39. The molecule has 1 aromatic rings. The van der Waals surface area contributed by atoms with Crippen LogP contribution in [-0.2, 0) is 27.9 Å². The second-order valence-corrected chi connectivity index (χ2v) is 19.8. The number of carbonyl (C=O) groups is 2. The molecule has 1 atom stereocenters. The third-order valence-electron chi connectivity index (χ3n) is 4.02. The van der Waals surface area contributed by atoms with Crippen molar-refractivity contribution in [1.29, 1.82) is 0 Å². The van der Waals surface area contributed by atoms with Crippen molar-refractivity contribution in [3.8, 4) is 0 Å². The molecule has 170 valence electrons. The number of rotatable bonds is 13. The van der Waals surface area contributed by atoms with Crippen molar-refractivity contribution in [2.45, 2.75) is 53.7 Å². The first-order valence-corrected chi connectivity index (χ1v) is 16.3. The normalized spacial score (nSPS) is 12.8. The van der Waals surface area contributed by atoms with Crippen LogP contribution in [0.15, 0.2) is 30.3 Å². The number of amides is 1. The van der Waals surface area contributed by atoms with Gasteiger partial charge in [0.05, 0.1) is 10.7 Å². The molecule has 0 heterocycles. The Balaban J connectivity index is 3.05. The lowest BCUT2D eigenvalue weighted by atomic mass is 10.2. The number of carboxylic acid groups (broad SMARTS) is 1. The van der Waals surface area contributed by atoms with Crippen molar-refractivity contribution in [3.63, 3.8) is 0 Å². The van der Waals surface area contributed by atoms with Crippen LogP contribution in [0.25, 0.3) is 0 Å². The van der Waals surface area contributed by atoms with Crippen LogP contribution in [0, 0.1) is 11.8 Å². The molecule has 1 amide bonds. The molecule has 30 heavy (non-hydrogen) atoms. The van der Waals surface area contributed by atoms with Gasteiger partial charge < -0.3 is 9.84 Å². The average molecular weight is 492 g/mol. The summed E-state index contributed by atoms with van der Waals surface area (Å²) in [6, 6.07) is 8.43. The molecule has 0 aliphatic heterocycles. The summed E-state index contributed by atoms with van der Waals surface area (Å²) in [5.41, 5.74) is 0.858. The van der Waals surface area contributed by atoms with Crippen LogP contribution in [-0.4, -0.2) is 45.9 Å². The fourth-order valence-electron chi connectivity index (χ4n) is 2.44. The van der Waals surface area contributed by atoms with Gasteiger partial charge in [0.1, 0.15) is 12.6 Å². The van der Waals surface area contributed by atoms with E-state index in [1.807, 2.05) is 30.3 Å². The summed E-state index contributed by atoms with van der Waals surface area (Å²) in [5.74, 6) is 1.69. The molecule has 1 rings (SSSR count). The SMILES string of the molecule is CCC(C(=O)O)N(CP(=S)(SCC(C)C)SCC(C)C)C(=O)OCc1ccccc1. The molecule has 0 bridgehead atoms. The van der Waals surface area contributed by atoms with Gasteiger partial charge in [0.25, 0.3) is 0 Å². The van der Waals surface area contributed by atoms with Crippen molar-refractivity contribution in [2.24, 2.45) is 11.8 Å². The molecule has 9 heteroatoms. The van der Waals surface area contributed by atoms with Gasteiger partial charge in [-0.1, -0.05) is 76.8 Å². The number of nitrogens with zero attached hydrogens (tertiary/aromatic N) is 1. The molecule has 0 aliphatic rings. The van der Waals surface area contributed by atoms with E-state index < -0.39 is 22.5 Å². The summed E-state index contributed by atoms with van der Waals surface area (Å²) in [4.78, 5) is 26.2. The van der Waals surface area contributed by atoms with E-state index in [0.717, 1.165) is 17.1 Å². The van der Waals surface area contributed by atoms with Crippen molar-refractivity contribution in [1.82, 2.24) is 4.90 Å². The zero-order valence-electron chi connectivity index (χ0n) is 18.4. The highest BCUT2D eigenvalue weighted by molar-refractivity contribution is 9.00. The van der Waals surface area contributed by atoms with Gasteiger partial charge in [-0.05, 0) is 23.8 Å². The maximum atomic E-state index is 13.0. The molecule has 5 nitrogen and oxygen atoms in total. The number of carboxylic acids is 1. The van der Waals surface area contributed by atoms with Gasteiger partial charge in [-0.2, -0.15) is 0 Å². The van der Waals surface area contributed by atoms with Crippen molar-refractivity contribution in [2.75, 3.05) is 17.8 Å². The molecule has 0 radical (unpaired) electrons. The van der Waals surface area contributed by atoms with Crippen LogP contribution in [0.5, 0.6) is 0 Å². The van der Waals surface area contributed by atoms with Crippen molar-refractivity contribution < 1.29 is 19.4 Å². The number of ether oxygens (including phenoxy) is 1. The van der Waals surface area contributed by atoms with Crippen LogP contribution in [0.4, 0.5) is 4.79 Å². The third-order valence-corrected chi connectivity index (χ3v) is 15.2. The predicted molar refractivity (Wildman–Crippen MR) is 134 cm³/mol. The highest BCUT2D eigenvalue weighted by Crippen LogP contribution is 2.70. The number of benzene rings is 1. The standard InChI is InChI=1S/C21H34NO4PS3/c1-6-19(20(23)24)22(21(25)26-12-18-10-8-7-9-11-18)15-27(28,29-13-16(2)3)30-14-17(4)5/h7-11,16-17,19H,6,12-15H2,1-5H3,(H,23,24). The minimum atomic E-state index is -2.11. The van der Waals surface area contributed by atoms with E-state index >= 15 is 0 Å². The Bertz CT molecular complexity index is 699. The Morgan fingerprint density at radius 2 is 1.63 bits per heavy atom. The van der Waals surface area contributed by atoms with Crippen LogP contribution < -0.4 is 0 Å². The zero-order valence-corrected chi connectivity index (χ0v) is 21.8. The second-order valence-electron chi connectivity index (χ2n) is 7.90. The Hall–Kier alpha value is -0.690. The van der Waals surface area contributed by atoms with Crippen LogP contribution in [0.1, 0.15) is 46.6 Å². The molecule has 1 aromatic carbocycles. The summed E-state index contributed by atoms with van der Waals surface area (Å²) >= 11 is 9.50. The number of hydrogen-bond donors (Lipinski definition) is 1. The average Bonchev–Trinajstić information content (AvgIpc) is 2.69. The number of aliphatic carboxylic acids is 1. The van der Waals surface area contributed by atoms with Crippen LogP contribution >= 0.6 is 27.2 Å². The lowest BCUT2D eigenvalue weighted by Gasteiger charge is -2.33. The van der Waals surface area contributed by atoms with Gasteiger partial charge >= 0.3 is 12.1 Å². The zero-order chi connectivity index (χ0) is 22.7. The highest BCUT2D eigenvalue weighted by Gasteiger charge is 2.34. The van der Waals surface area contributed by atoms with Gasteiger partial charge in [0, 0.05) is 11.5 Å². The fraction of sp³-hybridized carbons (Fsp3) is 0.619. The first-order valence-electron chi connectivity index (χ1n) is 10.2. The second kappa shape index (κ2) is 13.7. The Labute approximate surface area is 194 Å². The van der Waals surface area contributed by atoms with Gasteiger partial charge in [0.15, 0.2) is 0 Å². The summed E-state index contributed by atoms with van der Waals surface area (Å²) in [6.45, 7) is 10.4. The maximum Gasteiger partial charge on any atom is 0.411 e. The molecule has 0 fully saturated rings. The van der Waals surface area contributed by atoms with E-state index in [4.69, 9.17) is 16.5 Å². The van der Waals surface area contributed by atoms with Crippen molar-refractivity contribution in [3.05, 3.63) is 35.9 Å². The molecule has 0 spiro atoms. The molecule has 0 aliphatic carbocycles. The molecule has 1 unspecified atom stereocenters. The number of carbonyl (C=O) groups excluding carboxylic acids is 1. The van der Waals surface area contributed by atoms with E-state index in [0.29, 0.717) is 18.3 Å². The van der Waals surface area contributed by atoms with Crippen LogP contribution in [0.3, 0.4) is 0 Å². The van der Waals surface area contributed by atoms with E-state index in [2.05, 4.69) is 27.7 Å². The van der Waals surface area contributed by atoms with E-state index in [1.54, 1.807) is 29.7 Å². The highest BCUT2D eigenvalue weighted by atomic mass is 33.2. The first kappa shape index (κ1) is 27.3. The van der Waals surface area contributed by atoms with Crippen molar-refractivity contribution >= 4 is 51.1 Å². The first-order chi connectivity index (χ1) is 14.1. The fourth-order valence-corrected chi connectivity index (χ4v) is 12.3. The Morgan fingerprint density at radius 1 is 1.10 bits per heavy atom. The quantitative estimate of drug-likeness (QED) is 0.315. The Kier molecular flexibility index (Phi) is 12.5. The lowest BCUT2D eigenvalue weighted by molar-refractivity contribution is -0.142. The predicted octanol–water partition coefficient (Wildman–Crippen LogP) is 6.53. The minimum absolute atomic E-state index is 0.105. The van der Waals surface area contributed by atoms with Gasteiger partial charge in [-0.3, -0.25) is 4.90 Å². The summed E-state index contributed by atoms with van der Waals surface area (Å²) in [6.07, 6.45) is -0.0673. The van der Waals surface area contributed by atoms with Gasteiger partial charge in [-0.25, -0.2) is 9.59 Å². The van der Waals surface area contributed by atoms with Gasteiger partial charge in [0.2, 0.25) is 0 Å². The molecule has 1 N–H and O–H groups in total. The molecule has 0 saturated carbocycles. The smallest absolute Gasteiger partial charge is 0.411 e. The maximum absolute atomic E-state index is 13.0. The molecular formula is C21H34NO4PS3. The van der Waals surface area contributed by atoms with E-state index in [9.17, 15) is 14.7 Å². The van der Waals surface area contributed by atoms with E-state index in [1.165, 1.54) is 4.90 Å². The van der Waals surface area contributed by atoms with Crippen LogP contribution in [0.2, 0.25) is 0 Å². The Morgan fingerprint density at radius 3 is 2.07 bits per heavy atom. The monoisotopic (exact) mass is 491 g/mol. The number of hydrogen-bond acceptors (Lipinski definition) is 6. The summed E-state index contributed by atoms with van der Waals surface area (Å²) in [7, 11) is 0. The lowest BCUT2D eigenvalue weighted by Crippen LogP contribution is -2.45. The molecule has 0 aromatic heterocycles. The minimum Gasteiger partial charge on any atom is -0.480 e. The topological polar surface area (TPSA) is 66.8 Å². The molecular weight excluding hydrogens is 457 g/mol. The summed E-state index contributed by atoms with van der Waals surface area (Å²) in [5, 5.41) is 9.73. The largest absolute Gasteiger partial charge is 0.480 e. The van der Waals surface area contributed by atoms with Gasteiger partial charge in [-0.15, -0.1) is 22.8 Å². The molecule has 0 saturated heterocycles. The third kappa shape index (κ3) is 10.1. The van der Waals surface area contributed by atoms with E-state index in [-0.39, 0.29) is 12.9 Å².